The van der Waals surface area contributed by atoms with Crippen molar-refractivity contribution >= 4 is 5.82 Å². The molecule has 0 saturated carbocycles. The van der Waals surface area contributed by atoms with Crippen molar-refractivity contribution in [2.24, 2.45) is 0 Å². The Balaban J connectivity index is 2.04. The Morgan fingerprint density at radius 2 is 1.73 bits per heavy atom. The fourth-order valence-electron chi connectivity index (χ4n) is 2.92. The number of aromatic nitrogens is 1. The summed E-state index contributed by atoms with van der Waals surface area (Å²) in [7, 11) is 0. The standard InChI is InChI=1S/C22H17FN4O3/c1-2-29-19-9-14(20-16(10-24)21(26)27-22(28)17(20)11-25)5-8-18(19)30-12-13-3-6-15(23)7-4-13/h3-9H,2,12H2,1H3,(H3,26,27,28). The second-order valence-corrected chi connectivity index (χ2v) is 6.23. The van der Waals surface area contributed by atoms with Gasteiger partial charge in [0.25, 0.3) is 5.56 Å². The zero-order valence-corrected chi connectivity index (χ0v) is 16.0. The third-order valence-electron chi connectivity index (χ3n) is 4.31. The van der Waals surface area contributed by atoms with E-state index in [4.69, 9.17) is 15.2 Å². The number of nitrogens with zero attached hydrogens (tertiary/aromatic N) is 2. The number of benzene rings is 2. The van der Waals surface area contributed by atoms with Crippen LogP contribution in [0.4, 0.5) is 10.2 Å². The Morgan fingerprint density at radius 1 is 1.03 bits per heavy atom. The molecular weight excluding hydrogens is 387 g/mol. The molecule has 0 aliphatic rings. The van der Waals surface area contributed by atoms with Crippen LogP contribution in [0, 0.1) is 28.5 Å². The average Bonchev–Trinajstić information content (AvgIpc) is 2.73. The Bertz CT molecular complexity index is 1220. The monoisotopic (exact) mass is 404 g/mol. The van der Waals surface area contributed by atoms with Crippen LogP contribution < -0.4 is 20.8 Å². The lowest BCUT2D eigenvalue weighted by molar-refractivity contribution is 0.269. The van der Waals surface area contributed by atoms with Gasteiger partial charge in [-0.25, -0.2) is 4.39 Å². The van der Waals surface area contributed by atoms with Gasteiger partial charge in [-0.3, -0.25) is 4.79 Å². The molecule has 0 amide bonds. The summed E-state index contributed by atoms with van der Waals surface area (Å²) >= 11 is 0. The van der Waals surface area contributed by atoms with Crippen molar-refractivity contribution in [1.82, 2.24) is 4.98 Å². The second kappa shape index (κ2) is 8.80. The van der Waals surface area contributed by atoms with Gasteiger partial charge in [0.2, 0.25) is 0 Å². The highest BCUT2D eigenvalue weighted by Crippen LogP contribution is 2.36. The zero-order valence-electron chi connectivity index (χ0n) is 16.0. The van der Waals surface area contributed by atoms with Gasteiger partial charge in [0.05, 0.1) is 6.61 Å². The molecule has 0 unspecified atom stereocenters. The minimum Gasteiger partial charge on any atom is -0.490 e. The highest BCUT2D eigenvalue weighted by atomic mass is 19.1. The number of nitriles is 2. The van der Waals surface area contributed by atoms with Gasteiger partial charge in [0, 0.05) is 5.56 Å². The van der Waals surface area contributed by atoms with Gasteiger partial charge in [0.15, 0.2) is 11.5 Å². The van der Waals surface area contributed by atoms with Crippen LogP contribution in [0.15, 0.2) is 47.3 Å². The smallest absolute Gasteiger partial charge is 0.268 e. The van der Waals surface area contributed by atoms with Gasteiger partial charge in [-0.2, -0.15) is 10.5 Å². The number of rotatable bonds is 6. The molecule has 8 heteroatoms. The van der Waals surface area contributed by atoms with E-state index in [9.17, 15) is 19.7 Å². The number of halogens is 1. The summed E-state index contributed by atoms with van der Waals surface area (Å²) in [5, 5.41) is 18.9. The summed E-state index contributed by atoms with van der Waals surface area (Å²) in [5.41, 5.74) is 6.18. The van der Waals surface area contributed by atoms with E-state index in [1.54, 1.807) is 37.3 Å². The molecule has 1 aromatic heterocycles. The van der Waals surface area contributed by atoms with Crippen molar-refractivity contribution in [3.8, 4) is 34.8 Å². The number of anilines is 1. The van der Waals surface area contributed by atoms with E-state index in [0.717, 1.165) is 5.56 Å². The number of aromatic amines is 1. The van der Waals surface area contributed by atoms with Crippen LogP contribution >= 0.6 is 0 Å². The molecule has 0 bridgehead atoms. The highest BCUT2D eigenvalue weighted by Gasteiger charge is 2.19. The average molecular weight is 404 g/mol. The van der Waals surface area contributed by atoms with E-state index < -0.39 is 5.56 Å². The summed E-state index contributed by atoms with van der Waals surface area (Å²) in [6.45, 7) is 2.32. The molecule has 3 aromatic rings. The molecule has 0 fully saturated rings. The van der Waals surface area contributed by atoms with Crippen molar-refractivity contribution in [3.05, 3.63) is 75.3 Å². The number of hydrogen-bond donors (Lipinski definition) is 2. The van der Waals surface area contributed by atoms with Crippen LogP contribution in [0.2, 0.25) is 0 Å². The van der Waals surface area contributed by atoms with E-state index >= 15 is 0 Å². The van der Waals surface area contributed by atoms with E-state index in [-0.39, 0.29) is 34.9 Å². The third kappa shape index (κ3) is 4.08. The van der Waals surface area contributed by atoms with Crippen LogP contribution in [0.3, 0.4) is 0 Å². The molecule has 0 aliphatic heterocycles. The van der Waals surface area contributed by atoms with E-state index in [2.05, 4.69) is 4.98 Å². The Kier molecular flexibility index (Phi) is 6.00. The minimum atomic E-state index is -0.682. The number of ether oxygens (including phenoxy) is 2. The van der Waals surface area contributed by atoms with Crippen molar-refractivity contribution in [2.75, 3.05) is 12.3 Å². The molecule has 0 radical (unpaired) electrons. The number of nitrogens with two attached hydrogens (primary N) is 1. The second-order valence-electron chi connectivity index (χ2n) is 6.23. The van der Waals surface area contributed by atoms with Crippen molar-refractivity contribution in [1.29, 1.82) is 10.5 Å². The maximum absolute atomic E-state index is 13.1. The maximum Gasteiger partial charge on any atom is 0.268 e. The van der Waals surface area contributed by atoms with Crippen LogP contribution in [0.25, 0.3) is 11.1 Å². The van der Waals surface area contributed by atoms with Crippen molar-refractivity contribution in [2.45, 2.75) is 13.5 Å². The molecule has 0 spiro atoms. The summed E-state index contributed by atoms with van der Waals surface area (Å²) in [6.07, 6.45) is 0. The van der Waals surface area contributed by atoms with Crippen molar-refractivity contribution in [3.63, 3.8) is 0 Å². The highest BCUT2D eigenvalue weighted by molar-refractivity contribution is 5.81. The fraction of sp³-hybridized carbons (Fsp3) is 0.136. The number of pyridine rings is 1. The third-order valence-corrected chi connectivity index (χ3v) is 4.31. The maximum atomic E-state index is 13.1. The normalized spacial score (nSPS) is 10.1. The van der Waals surface area contributed by atoms with Crippen molar-refractivity contribution < 1.29 is 13.9 Å². The lowest BCUT2D eigenvalue weighted by Crippen LogP contribution is -2.16. The number of nitrogen functional groups attached to an aromatic ring is 1. The largest absolute Gasteiger partial charge is 0.490 e. The molecule has 2 aromatic carbocycles. The lowest BCUT2D eigenvalue weighted by atomic mass is 9.96. The van der Waals surface area contributed by atoms with Gasteiger partial charge in [0.1, 0.15) is 41.5 Å². The van der Waals surface area contributed by atoms with Gasteiger partial charge in [-0.15, -0.1) is 0 Å². The van der Waals surface area contributed by atoms with Crippen LogP contribution in [0.1, 0.15) is 23.6 Å². The Labute approximate surface area is 171 Å². The van der Waals surface area contributed by atoms with Crippen LogP contribution in [0.5, 0.6) is 11.5 Å². The first-order chi connectivity index (χ1) is 14.5. The van der Waals surface area contributed by atoms with E-state index in [0.29, 0.717) is 23.7 Å². The van der Waals surface area contributed by atoms with E-state index in [1.165, 1.54) is 12.1 Å². The van der Waals surface area contributed by atoms with Gasteiger partial charge < -0.3 is 20.2 Å². The molecular formula is C22H17FN4O3. The van der Waals surface area contributed by atoms with Gasteiger partial charge in [-0.05, 0) is 42.3 Å². The molecule has 3 N–H and O–H groups in total. The fourth-order valence-corrected chi connectivity index (χ4v) is 2.92. The first kappa shape index (κ1) is 20.4. The number of hydrogen-bond acceptors (Lipinski definition) is 6. The topological polar surface area (TPSA) is 125 Å². The molecule has 0 aliphatic carbocycles. The molecule has 0 saturated heterocycles. The quantitative estimate of drug-likeness (QED) is 0.648. The molecule has 0 atom stereocenters. The van der Waals surface area contributed by atoms with Gasteiger partial charge in [-0.1, -0.05) is 18.2 Å². The Morgan fingerprint density at radius 3 is 2.37 bits per heavy atom. The number of H-pyrrole nitrogens is 1. The predicted molar refractivity (Wildman–Crippen MR) is 108 cm³/mol. The molecule has 30 heavy (non-hydrogen) atoms. The number of nitrogens with one attached hydrogen (secondary N) is 1. The van der Waals surface area contributed by atoms with Crippen LogP contribution in [-0.2, 0) is 6.61 Å². The predicted octanol–water partition coefficient (Wildman–Crippen LogP) is 3.48. The zero-order chi connectivity index (χ0) is 21.7. The van der Waals surface area contributed by atoms with Crippen LogP contribution in [-0.4, -0.2) is 11.6 Å². The molecule has 1 heterocycles. The summed E-state index contributed by atoms with van der Waals surface area (Å²) in [4.78, 5) is 14.5. The summed E-state index contributed by atoms with van der Waals surface area (Å²) < 4.78 is 24.5. The van der Waals surface area contributed by atoms with E-state index in [1.807, 2.05) is 12.1 Å². The molecule has 3 rings (SSSR count). The first-order valence-electron chi connectivity index (χ1n) is 8.98. The lowest BCUT2D eigenvalue weighted by Gasteiger charge is -2.15. The molecule has 7 nitrogen and oxygen atoms in total. The first-order valence-corrected chi connectivity index (χ1v) is 8.98. The summed E-state index contributed by atoms with van der Waals surface area (Å²) in [6, 6.07) is 14.5. The Hall–Kier alpha value is -4.30. The molecule has 150 valence electrons. The summed E-state index contributed by atoms with van der Waals surface area (Å²) in [5.74, 6) is 0.325. The SMILES string of the molecule is CCOc1cc(-c2c(C#N)c(N)[nH]c(=O)c2C#N)ccc1OCc1ccc(F)cc1. The van der Waals surface area contributed by atoms with Gasteiger partial charge >= 0.3 is 0 Å². The minimum absolute atomic E-state index is 0.00595.